The van der Waals surface area contributed by atoms with Gasteiger partial charge in [0.05, 0.1) is 19.3 Å². The van der Waals surface area contributed by atoms with Crippen LogP contribution < -0.4 is 15.8 Å². The lowest BCUT2D eigenvalue weighted by molar-refractivity contribution is 0.310. The van der Waals surface area contributed by atoms with Gasteiger partial charge in [-0.2, -0.15) is 15.0 Å². The zero-order valence-corrected chi connectivity index (χ0v) is 14.9. The zero-order valence-electron chi connectivity index (χ0n) is 14.9. The van der Waals surface area contributed by atoms with Gasteiger partial charge in [-0.1, -0.05) is 42.5 Å². The SMILES string of the molecule is COc1ccccc1Nc1nc(N)nc(CN(C)Cc2ccccc2)n1. The summed E-state index contributed by atoms with van der Waals surface area (Å²) < 4.78 is 5.34. The maximum absolute atomic E-state index is 5.86. The van der Waals surface area contributed by atoms with Crippen molar-refractivity contribution in [1.82, 2.24) is 19.9 Å². The van der Waals surface area contributed by atoms with E-state index in [0.29, 0.717) is 24.1 Å². The third-order valence-corrected chi connectivity index (χ3v) is 3.76. The Morgan fingerprint density at radius 1 is 0.962 bits per heavy atom. The molecule has 0 atom stereocenters. The van der Waals surface area contributed by atoms with Crippen LogP contribution >= 0.6 is 0 Å². The Morgan fingerprint density at radius 2 is 1.69 bits per heavy atom. The number of methoxy groups -OCH3 is 1. The molecule has 0 amide bonds. The van der Waals surface area contributed by atoms with E-state index in [9.17, 15) is 0 Å². The summed E-state index contributed by atoms with van der Waals surface area (Å²) in [5.74, 6) is 1.88. The van der Waals surface area contributed by atoms with Crippen LogP contribution in [0.4, 0.5) is 17.6 Å². The number of ether oxygens (including phenoxy) is 1. The van der Waals surface area contributed by atoms with Gasteiger partial charge in [0.2, 0.25) is 11.9 Å². The fourth-order valence-electron chi connectivity index (χ4n) is 2.63. The molecular weight excluding hydrogens is 328 g/mol. The van der Waals surface area contributed by atoms with Crippen LogP contribution in [0.15, 0.2) is 54.6 Å². The van der Waals surface area contributed by atoms with E-state index in [4.69, 9.17) is 10.5 Å². The molecule has 0 aliphatic carbocycles. The van der Waals surface area contributed by atoms with Crippen LogP contribution in [0.3, 0.4) is 0 Å². The topological polar surface area (TPSA) is 89.2 Å². The number of hydrogen-bond donors (Lipinski definition) is 2. The number of aromatic nitrogens is 3. The summed E-state index contributed by atoms with van der Waals surface area (Å²) in [4.78, 5) is 15.0. The zero-order chi connectivity index (χ0) is 18.4. The number of nitrogens with two attached hydrogens (primary N) is 1. The van der Waals surface area contributed by atoms with E-state index >= 15 is 0 Å². The highest BCUT2D eigenvalue weighted by molar-refractivity contribution is 5.62. The average Bonchev–Trinajstić information content (AvgIpc) is 2.62. The molecule has 3 N–H and O–H groups in total. The minimum Gasteiger partial charge on any atom is -0.495 e. The molecule has 0 saturated heterocycles. The summed E-state index contributed by atoms with van der Waals surface area (Å²) in [7, 11) is 3.63. The molecule has 1 aromatic heterocycles. The number of nitrogen functional groups attached to an aromatic ring is 1. The molecule has 134 valence electrons. The largest absolute Gasteiger partial charge is 0.495 e. The second-order valence-corrected chi connectivity index (χ2v) is 5.92. The number of benzene rings is 2. The first-order chi connectivity index (χ1) is 12.6. The van der Waals surface area contributed by atoms with E-state index < -0.39 is 0 Å². The van der Waals surface area contributed by atoms with E-state index in [1.807, 2.05) is 49.5 Å². The Labute approximate surface area is 152 Å². The molecular formula is C19H22N6O. The van der Waals surface area contributed by atoms with Crippen molar-refractivity contribution >= 4 is 17.6 Å². The van der Waals surface area contributed by atoms with Crippen LogP contribution in [-0.2, 0) is 13.1 Å². The standard InChI is InChI=1S/C19H22N6O/c1-25(12-14-8-4-3-5-9-14)13-17-22-18(20)24-19(23-17)21-15-10-6-7-11-16(15)26-2/h3-11H,12-13H2,1-2H3,(H3,20,21,22,23,24). The van der Waals surface area contributed by atoms with Crippen LogP contribution in [0, 0.1) is 0 Å². The highest BCUT2D eigenvalue weighted by Gasteiger charge is 2.10. The van der Waals surface area contributed by atoms with E-state index in [-0.39, 0.29) is 5.95 Å². The Hall–Kier alpha value is -3.19. The second-order valence-electron chi connectivity index (χ2n) is 5.92. The Kier molecular flexibility index (Phi) is 5.60. The summed E-state index contributed by atoms with van der Waals surface area (Å²) in [5.41, 5.74) is 7.85. The Morgan fingerprint density at radius 3 is 2.46 bits per heavy atom. The lowest BCUT2D eigenvalue weighted by Crippen LogP contribution is -2.20. The third-order valence-electron chi connectivity index (χ3n) is 3.76. The Balaban J connectivity index is 1.73. The average molecular weight is 350 g/mol. The number of anilines is 3. The van der Waals surface area contributed by atoms with Crippen molar-refractivity contribution in [1.29, 1.82) is 0 Å². The normalized spacial score (nSPS) is 10.7. The molecule has 3 aromatic rings. The summed E-state index contributed by atoms with van der Waals surface area (Å²) >= 11 is 0. The van der Waals surface area contributed by atoms with Crippen molar-refractivity contribution in [2.45, 2.75) is 13.1 Å². The molecule has 0 radical (unpaired) electrons. The van der Waals surface area contributed by atoms with Gasteiger partial charge in [-0.25, -0.2) is 0 Å². The van der Waals surface area contributed by atoms with Crippen molar-refractivity contribution in [2.75, 3.05) is 25.2 Å². The van der Waals surface area contributed by atoms with Crippen LogP contribution in [0.25, 0.3) is 0 Å². The molecule has 26 heavy (non-hydrogen) atoms. The fraction of sp³-hybridized carbons (Fsp3) is 0.211. The predicted molar refractivity (Wildman–Crippen MR) is 102 cm³/mol. The molecule has 0 aliphatic heterocycles. The van der Waals surface area contributed by atoms with Crippen molar-refractivity contribution in [2.24, 2.45) is 0 Å². The van der Waals surface area contributed by atoms with Gasteiger partial charge in [0.25, 0.3) is 0 Å². The molecule has 0 spiro atoms. The lowest BCUT2D eigenvalue weighted by atomic mass is 10.2. The highest BCUT2D eigenvalue weighted by Crippen LogP contribution is 2.25. The van der Waals surface area contributed by atoms with Crippen LogP contribution in [0.2, 0.25) is 0 Å². The minimum atomic E-state index is 0.181. The minimum absolute atomic E-state index is 0.181. The molecule has 7 heteroatoms. The fourth-order valence-corrected chi connectivity index (χ4v) is 2.63. The first-order valence-electron chi connectivity index (χ1n) is 8.27. The summed E-state index contributed by atoms with van der Waals surface area (Å²) in [5, 5.41) is 3.14. The maximum atomic E-state index is 5.86. The number of rotatable bonds is 7. The van der Waals surface area contributed by atoms with Gasteiger partial charge in [0.1, 0.15) is 11.6 Å². The van der Waals surface area contributed by atoms with Crippen molar-refractivity contribution in [3.63, 3.8) is 0 Å². The number of nitrogens with one attached hydrogen (secondary N) is 1. The maximum Gasteiger partial charge on any atom is 0.232 e. The summed E-state index contributed by atoms with van der Waals surface area (Å²) in [6.45, 7) is 1.35. The van der Waals surface area contributed by atoms with Crippen molar-refractivity contribution in [3.05, 3.63) is 66.0 Å². The second kappa shape index (κ2) is 8.26. The number of para-hydroxylation sites is 2. The summed E-state index contributed by atoms with van der Waals surface area (Å²) in [6.07, 6.45) is 0. The first kappa shape index (κ1) is 17.6. The number of nitrogens with zero attached hydrogens (tertiary/aromatic N) is 4. The van der Waals surface area contributed by atoms with Gasteiger partial charge in [-0.3, -0.25) is 4.90 Å². The highest BCUT2D eigenvalue weighted by atomic mass is 16.5. The van der Waals surface area contributed by atoms with E-state index in [1.54, 1.807) is 7.11 Å². The van der Waals surface area contributed by atoms with Gasteiger partial charge in [-0.05, 0) is 24.7 Å². The van der Waals surface area contributed by atoms with Crippen molar-refractivity contribution < 1.29 is 4.74 Å². The van der Waals surface area contributed by atoms with Gasteiger partial charge < -0.3 is 15.8 Å². The van der Waals surface area contributed by atoms with Gasteiger partial charge in [0, 0.05) is 6.54 Å². The van der Waals surface area contributed by atoms with Crippen LogP contribution in [0.5, 0.6) is 5.75 Å². The molecule has 0 unspecified atom stereocenters. The molecule has 3 rings (SSSR count). The van der Waals surface area contributed by atoms with Crippen molar-refractivity contribution in [3.8, 4) is 5.75 Å². The number of hydrogen-bond acceptors (Lipinski definition) is 7. The van der Waals surface area contributed by atoms with E-state index in [2.05, 4.69) is 37.3 Å². The molecule has 0 aliphatic rings. The molecule has 7 nitrogen and oxygen atoms in total. The quantitative estimate of drug-likeness (QED) is 0.677. The monoisotopic (exact) mass is 350 g/mol. The molecule has 2 aromatic carbocycles. The van der Waals surface area contributed by atoms with Gasteiger partial charge in [-0.15, -0.1) is 0 Å². The van der Waals surface area contributed by atoms with Gasteiger partial charge in [0.15, 0.2) is 0 Å². The van der Waals surface area contributed by atoms with Crippen LogP contribution in [-0.4, -0.2) is 34.0 Å². The Bertz CT molecular complexity index is 856. The molecule has 0 fully saturated rings. The summed E-state index contributed by atoms with van der Waals surface area (Å²) in [6, 6.07) is 17.8. The van der Waals surface area contributed by atoms with Gasteiger partial charge >= 0.3 is 0 Å². The predicted octanol–water partition coefficient (Wildman–Crippen LogP) is 2.84. The third kappa shape index (κ3) is 4.67. The lowest BCUT2D eigenvalue weighted by Gasteiger charge is -2.16. The van der Waals surface area contributed by atoms with E-state index in [0.717, 1.165) is 12.2 Å². The molecule has 1 heterocycles. The molecule has 0 bridgehead atoms. The first-order valence-corrected chi connectivity index (χ1v) is 8.27. The smallest absolute Gasteiger partial charge is 0.232 e. The van der Waals surface area contributed by atoms with E-state index in [1.165, 1.54) is 5.56 Å². The van der Waals surface area contributed by atoms with Crippen LogP contribution in [0.1, 0.15) is 11.4 Å². The molecule has 0 saturated carbocycles.